The third kappa shape index (κ3) is 5.03. The van der Waals surface area contributed by atoms with E-state index in [1.807, 2.05) is 60.7 Å². The van der Waals surface area contributed by atoms with Crippen LogP contribution >= 0.6 is 0 Å². The number of rotatable bonds is 4. The first-order chi connectivity index (χ1) is 31.2. The van der Waals surface area contributed by atoms with Gasteiger partial charge in [0.05, 0.1) is 16.7 Å². The molecule has 4 aromatic heterocycles. The Morgan fingerprint density at radius 3 is 1.87 bits per heavy atom. The van der Waals surface area contributed by atoms with E-state index in [0.29, 0.717) is 17.5 Å². The number of aromatic nitrogens is 4. The molecule has 0 bridgehead atoms. The molecular weight excluding hydrogens is 773 g/mol. The second-order valence-electron chi connectivity index (χ2n) is 16.3. The predicted molar refractivity (Wildman–Crippen MR) is 258 cm³/mol. The molecule has 0 unspecified atom stereocenters. The smallest absolute Gasteiger partial charge is 0.164 e. The van der Waals surface area contributed by atoms with Gasteiger partial charge in [-0.15, -0.1) is 0 Å². The number of hydrogen-bond acceptors (Lipinski definition) is 5. The largest absolute Gasteiger partial charge is 0.456 e. The maximum atomic E-state index is 6.94. The molecule has 4 heterocycles. The highest BCUT2D eigenvalue weighted by Crippen LogP contribution is 2.44. The third-order valence-corrected chi connectivity index (χ3v) is 12.8. The summed E-state index contributed by atoms with van der Waals surface area (Å²) >= 11 is 0. The van der Waals surface area contributed by atoms with Crippen molar-refractivity contribution in [1.29, 1.82) is 0 Å². The zero-order valence-electron chi connectivity index (χ0n) is 33.6. The molecule has 0 aliphatic rings. The van der Waals surface area contributed by atoms with Crippen LogP contribution in [0.15, 0.2) is 203 Å². The van der Waals surface area contributed by atoms with Gasteiger partial charge in [0.25, 0.3) is 0 Å². The fourth-order valence-corrected chi connectivity index (χ4v) is 9.92. The molecule has 0 radical (unpaired) electrons. The minimum Gasteiger partial charge on any atom is -0.456 e. The normalized spacial score (nSPS) is 12.1. The van der Waals surface area contributed by atoms with Gasteiger partial charge < -0.3 is 13.4 Å². The first-order valence-electron chi connectivity index (χ1n) is 21.2. The molecule has 0 atom stereocenters. The lowest BCUT2D eigenvalue weighted by Crippen LogP contribution is -2.00. The van der Waals surface area contributed by atoms with Crippen LogP contribution in [0.25, 0.3) is 138 Å². The molecule has 6 nitrogen and oxygen atoms in total. The van der Waals surface area contributed by atoms with Crippen molar-refractivity contribution >= 4 is 98.0 Å². The Balaban J connectivity index is 1.01. The van der Waals surface area contributed by atoms with E-state index in [2.05, 4.69) is 138 Å². The average Bonchev–Trinajstić information content (AvgIpc) is 4.02. The maximum Gasteiger partial charge on any atom is 0.164 e. The summed E-state index contributed by atoms with van der Waals surface area (Å²) < 4.78 is 15.7. The molecule has 6 heteroatoms. The topological polar surface area (TPSA) is 69.9 Å². The molecular formula is C57H32N4O2. The van der Waals surface area contributed by atoms with Gasteiger partial charge in [0.2, 0.25) is 0 Å². The van der Waals surface area contributed by atoms with Crippen LogP contribution in [0, 0.1) is 0 Å². The van der Waals surface area contributed by atoms with Crippen LogP contribution in [0.5, 0.6) is 0 Å². The van der Waals surface area contributed by atoms with E-state index in [9.17, 15) is 0 Å². The molecule has 10 aromatic carbocycles. The molecule has 292 valence electrons. The van der Waals surface area contributed by atoms with Crippen LogP contribution in [0.3, 0.4) is 0 Å². The Morgan fingerprint density at radius 2 is 1.02 bits per heavy atom. The highest BCUT2D eigenvalue weighted by atomic mass is 16.3. The Kier molecular flexibility index (Phi) is 7.02. The lowest BCUT2D eigenvalue weighted by Gasteiger charge is -2.14. The molecule has 63 heavy (non-hydrogen) atoms. The fourth-order valence-electron chi connectivity index (χ4n) is 9.92. The Labute approximate surface area is 358 Å². The zero-order chi connectivity index (χ0) is 41.2. The summed E-state index contributed by atoms with van der Waals surface area (Å²) in [5.74, 6) is 1.72. The van der Waals surface area contributed by atoms with Gasteiger partial charge in [-0.2, -0.15) is 0 Å². The monoisotopic (exact) mass is 804 g/mol. The van der Waals surface area contributed by atoms with Crippen molar-refractivity contribution in [3.63, 3.8) is 0 Å². The molecule has 0 spiro atoms. The first kappa shape index (κ1) is 34.1. The molecule has 0 saturated heterocycles. The van der Waals surface area contributed by atoms with Crippen LogP contribution in [0.4, 0.5) is 0 Å². The molecule has 0 aliphatic carbocycles. The second kappa shape index (κ2) is 12.9. The Morgan fingerprint density at radius 1 is 0.349 bits per heavy atom. The van der Waals surface area contributed by atoms with Gasteiger partial charge >= 0.3 is 0 Å². The summed E-state index contributed by atoms with van der Waals surface area (Å²) in [6.45, 7) is 0. The lowest BCUT2D eigenvalue weighted by atomic mass is 10.0. The van der Waals surface area contributed by atoms with E-state index in [0.717, 1.165) is 77.0 Å². The molecule has 0 fully saturated rings. The number of fused-ring (bicyclic) bond motifs is 14. The minimum absolute atomic E-state index is 0.556. The zero-order valence-corrected chi connectivity index (χ0v) is 33.6. The van der Waals surface area contributed by atoms with E-state index in [4.69, 9.17) is 23.8 Å². The van der Waals surface area contributed by atoms with Gasteiger partial charge in [-0.25, -0.2) is 15.0 Å². The van der Waals surface area contributed by atoms with Crippen LogP contribution in [-0.2, 0) is 0 Å². The molecule has 0 N–H and O–H groups in total. The van der Waals surface area contributed by atoms with Crippen molar-refractivity contribution in [2.24, 2.45) is 0 Å². The molecule has 14 aromatic rings. The van der Waals surface area contributed by atoms with E-state index in [1.165, 1.54) is 43.4 Å². The standard InChI is InChI=1S/C57H32N4O2/c1-2-14-34(15-3-1)55-58-56(60-57(59-55)44-22-12-24-50-52(44)43-21-10-11-23-49(43)62-50)37-26-27-40-46-32-48(39-19-8-9-20-42(39)54(46)63-51(40)31-37)61-47-30-36-17-5-4-16-35(36)29-45(47)41-28-25-33-13-6-7-18-38(33)53(41)61/h1-32H. The van der Waals surface area contributed by atoms with Crippen molar-refractivity contribution in [2.75, 3.05) is 0 Å². The van der Waals surface area contributed by atoms with Gasteiger partial charge in [0.1, 0.15) is 22.3 Å². The quantitative estimate of drug-likeness (QED) is 0.177. The van der Waals surface area contributed by atoms with E-state index in [-0.39, 0.29) is 0 Å². The summed E-state index contributed by atoms with van der Waals surface area (Å²) in [7, 11) is 0. The van der Waals surface area contributed by atoms with Gasteiger partial charge in [-0.05, 0) is 58.6 Å². The first-order valence-corrected chi connectivity index (χ1v) is 21.2. The van der Waals surface area contributed by atoms with Crippen molar-refractivity contribution in [3.8, 4) is 39.9 Å². The highest BCUT2D eigenvalue weighted by molar-refractivity contribution is 6.23. The van der Waals surface area contributed by atoms with Gasteiger partial charge in [-0.1, -0.05) is 152 Å². The average molecular weight is 805 g/mol. The van der Waals surface area contributed by atoms with E-state index < -0.39 is 0 Å². The molecule has 0 aliphatic heterocycles. The van der Waals surface area contributed by atoms with Crippen molar-refractivity contribution in [2.45, 2.75) is 0 Å². The van der Waals surface area contributed by atoms with Gasteiger partial charge in [-0.3, -0.25) is 0 Å². The second-order valence-corrected chi connectivity index (χ2v) is 16.3. The number of nitrogens with zero attached hydrogens (tertiary/aromatic N) is 4. The van der Waals surface area contributed by atoms with Gasteiger partial charge in [0, 0.05) is 65.2 Å². The van der Waals surface area contributed by atoms with E-state index >= 15 is 0 Å². The highest BCUT2D eigenvalue weighted by Gasteiger charge is 2.22. The van der Waals surface area contributed by atoms with Crippen LogP contribution in [-0.4, -0.2) is 19.5 Å². The Bertz CT molecular complexity index is 4220. The summed E-state index contributed by atoms with van der Waals surface area (Å²) in [5, 5.41) is 13.5. The van der Waals surface area contributed by atoms with Crippen LogP contribution in [0.2, 0.25) is 0 Å². The summed E-state index contributed by atoms with van der Waals surface area (Å²) in [5.41, 5.74) is 9.29. The third-order valence-electron chi connectivity index (χ3n) is 12.8. The lowest BCUT2D eigenvalue weighted by molar-refractivity contribution is 0.669. The van der Waals surface area contributed by atoms with Crippen LogP contribution < -0.4 is 0 Å². The maximum absolute atomic E-state index is 6.94. The summed E-state index contributed by atoms with van der Waals surface area (Å²) in [6, 6.07) is 68.1. The molecule has 0 amide bonds. The molecule has 14 rings (SSSR count). The van der Waals surface area contributed by atoms with Crippen molar-refractivity contribution in [1.82, 2.24) is 19.5 Å². The van der Waals surface area contributed by atoms with Crippen molar-refractivity contribution < 1.29 is 8.83 Å². The SMILES string of the molecule is c1ccc(-c2nc(-c3ccc4c(c3)oc3c5ccccc5c(-n5c6cc7ccccc7cc6c6ccc7ccccc7c65)cc43)nc(-c3cccc4oc5ccccc5c34)n2)cc1. The minimum atomic E-state index is 0.556. The van der Waals surface area contributed by atoms with E-state index in [1.54, 1.807) is 0 Å². The number of furan rings is 2. The van der Waals surface area contributed by atoms with Gasteiger partial charge in [0.15, 0.2) is 17.5 Å². The summed E-state index contributed by atoms with van der Waals surface area (Å²) in [6.07, 6.45) is 0. The van der Waals surface area contributed by atoms with Crippen molar-refractivity contribution in [3.05, 3.63) is 194 Å². The number of para-hydroxylation sites is 1. The summed E-state index contributed by atoms with van der Waals surface area (Å²) in [4.78, 5) is 15.4. The predicted octanol–water partition coefficient (Wildman–Crippen LogP) is 15.2. The Hall–Kier alpha value is -8.61. The number of benzene rings is 10. The molecule has 0 saturated carbocycles. The number of hydrogen-bond donors (Lipinski definition) is 0. The van der Waals surface area contributed by atoms with Crippen LogP contribution in [0.1, 0.15) is 0 Å². The fraction of sp³-hybridized carbons (Fsp3) is 0.